The number of rotatable bonds is 2. The van der Waals surface area contributed by atoms with Gasteiger partial charge in [-0.2, -0.15) is 0 Å². The molecule has 0 aliphatic heterocycles. The van der Waals surface area contributed by atoms with Crippen LogP contribution in [0.2, 0.25) is 0 Å². The molecule has 0 fully saturated rings. The number of anilines is 1. The maximum atomic E-state index is 5.62. The molecule has 0 saturated heterocycles. The molecule has 1 heterocycles. The van der Waals surface area contributed by atoms with E-state index in [1.54, 1.807) is 6.07 Å². The van der Waals surface area contributed by atoms with Gasteiger partial charge in [0.1, 0.15) is 12.1 Å². The average Bonchev–Trinajstić information content (AvgIpc) is 2.29. The second-order valence-corrected chi connectivity index (χ2v) is 3.38. The molecule has 15 heavy (non-hydrogen) atoms. The molecule has 1 aromatic heterocycles. The van der Waals surface area contributed by atoms with Crippen molar-refractivity contribution in [2.24, 2.45) is 0 Å². The Morgan fingerprint density at radius 2 is 2.07 bits per heavy atom. The van der Waals surface area contributed by atoms with Crippen molar-refractivity contribution in [2.75, 3.05) is 5.73 Å². The van der Waals surface area contributed by atoms with Gasteiger partial charge in [0, 0.05) is 11.6 Å². The highest BCUT2D eigenvalue weighted by Crippen LogP contribution is 2.19. The van der Waals surface area contributed by atoms with Crippen LogP contribution in [0.3, 0.4) is 0 Å². The van der Waals surface area contributed by atoms with E-state index in [0.29, 0.717) is 5.82 Å². The van der Waals surface area contributed by atoms with Gasteiger partial charge in [0.2, 0.25) is 0 Å². The average molecular weight is 199 g/mol. The lowest BCUT2D eigenvalue weighted by molar-refractivity contribution is 1.13. The molecule has 2 aromatic rings. The Kier molecular flexibility index (Phi) is 2.63. The Labute approximate surface area is 89.0 Å². The van der Waals surface area contributed by atoms with Gasteiger partial charge in [0.25, 0.3) is 0 Å². The van der Waals surface area contributed by atoms with E-state index in [2.05, 4.69) is 29.0 Å². The van der Waals surface area contributed by atoms with Crippen molar-refractivity contribution in [1.29, 1.82) is 0 Å². The highest BCUT2D eigenvalue weighted by Gasteiger charge is 2.00. The van der Waals surface area contributed by atoms with Crippen LogP contribution < -0.4 is 5.73 Å². The molecule has 0 saturated carbocycles. The van der Waals surface area contributed by atoms with Crippen LogP contribution in [0.5, 0.6) is 0 Å². The summed E-state index contributed by atoms with van der Waals surface area (Å²) < 4.78 is 0. The van der Waals surface area contributed by atoms with Gasteiger partial charge in [0.05, 0.1) is 5.69 Å². The Bertz CT molecular complexity index is 466. The summed E-state index contributed by atoms with van der Waals surface area (Å²) in [7, 11) is 0. The van der Waals surface area contributed by atoms with Crippen LogP contribution >= 0.6 is 0 Å². The van der Waals surface area contributed by atoms with Gasteiger partial charge in [0.15, 0.2) is 0 Å². The Morgan fingerprint density at radius 1 is 1.20 bits per heavy atom. The first-order valence-electron chi connectivity index (χ1n) is 4.96. The molecular formula is C12H13N3. The molecule has 0 spiro atoms. The SMILES string of the molecule is CCc1cccc(-c2cc(N)ncn2)c1. The van der Waals surface area contributed by atoms with Crippen molar-refractivity contribution in [3.8, 4) is 11.3 Å². The van der Waals surface area contributed by atoms with Crippen molar-refractivity contribution >= 4 is 5.82 Å². The molecule has 0 bridgehead atoms. The van der Waals surface area contributed by atoms with Crippen LogP contribution in [-0.2, 0) is 6.42 Å². The summed E-state index contributed by atoms with van der Waals surface area (Å²) in [6, 6.07) is 10.1. The molecule has 1 aromatic carbocycles. The summed E-state index contributed by atoms with van der Waals surface area (Å²) in [6.45, 7) is 2.13. The lowest BCUT2D eigenvalue weighted by Crippen LogP contribution is -1.93. The Balaban J connectivity index is 2.44. The number of benzene rings is 1. The smallest absolute Gasteiger partial charge is 0.127 e. The van der Waals surface area contributed by atoms with Crippen LogP contribution in [0.4, 0.5) is 5.82 Å². The van der Waals surface area contributed by atoms with Gasteiger partial charge in [-0.05, 0) is 18.1 Å². The zero-order valence-electron chi connectivity index (χ0n) is 8.64. The van der Waals surface area contributed by atoms with Crippen LogP contribution in [-0.4, -0.2) is 9.97 Å². The molecule has 3 heteroatoms. The van der Waals surface area contributed by atoms with Gasteiger partial charge < -0.3 is 5.73 Å². The first-order chi connectivity index (χ1) is 7.29. The monoisotopic (exact) mass is 199 g/mol. The van der Waals surface area contributed by atoms with Crippen LogP contribution in [0.25, 0.3) is 11.3 Å². The van der Waals surface area contributed by atoms with E-state index in [-0.39, 0.29) is 0 Å². The molecule has 0 atom stereocenters. The number of nitrogens with two attached hydrogens (primary N) is 1. The lowest BCUT2D eigenvalue weighted by Gasteiger charge is -2.03. The fourth-order valence-electron chi connectivity index (χ4n) is 1.48. The first kappa shape index (κ1) is 9.65. The molecule has 76 valence electrons. The second-order valence-electron chi connectivity index (χ2n) is 3.38. The number of nitrogens with zero attached hydrogens (tertiary/aromatic N) is 2. The zero-order valence-corrected chi connectivity index (χ0v) is 8.64. The predicted octanol–water partition coefficient (Wildman–Crippen LogP) is 2.29. The third-order valence-electron chi connectivity index (χ3n) is 2.32. The minimum Gasteiger partial charge on any atom is -0.384 e. The number of aromatic nitrogens is 2. The fraction of sp³-hybridized carbons (Fsp3) is 0.167. The minimum atomic E-state index is 0.502. The normalized spacial score (nSPS) is 10.2. The molecule has 2 N–H and O–H groups in total. The molecule has 0 radical (unpaired) electrons. The van der Waals surface area contributed by atoms with Gasteiger partial charge in [-0.25, -0.2) is 9.97 Å². The van der Waals surface area contributed by atoms with Crippen LogP contribution in [0.15, 0.2) is 36.7 Å². The lowest BCUT2D eigenvalue weighted by atomic mass is 10.1. The number of hydrogen-bond acceptors (Lipinski definition) is 3. The summed E-state index contributed by atoms with van der Waals surface area (Å²) >= 11 is 0. The van der Waals surface area contributed by atoms with Crippen LogP contribution in [0, 0.1) is 0 Å². The molecule has 0 unspecified atom stereocenters. The minimum absolute atomic E-state index is 0.502. The standard InChI is InChI=1S/C12H13N3/c1-2-9-4-3-5-10(6-9)11-7-12(13)15-8-14-11/h3-8H,2H2,1H3,(H2,13,14,15). The van der Waals surface area contributed by atoms with E-state index in [1.165, 1.54) is 11.9 Å². The van der Waals surface area contributed by atoms with Gasteiger partial charge in [-0.3, -0.25) is 0 Å². The van der Waals surface area contributed by atoms with Crippen molar-refractivity contribution in [1.82, 2.24) is 9.97 Å². The molecule has 2 rings (SSSR count). The van der Waals surface area contributed by atoms with E-state index < -0.39 is 0 Å². The maximum Gasteiger partial charge on any atom is 0.127 e. The summed E-state index contributed by atoms with van der Waals surface area (Å²) in [6.07, 6.45) is 2.51. The van der Waals surface area contributed by atoms with Crippen molar-refractivity contribution in [3.05, 3.63) is 42.2 Å². The molecule has 3 nitrogen and oxygen atoms in total. The summed E-state index contributed by atoms with van der Waals surface area (Å²) in [4.78, 5) is 8.07. The highest BCUT2D eigenvalue weighted by molar-refractivity contribution is 5.62. The topological polar surface area (TPSA) is 51.8 Å². The highest BCUT2D eigenvalue weighted by atomic mass is 14.9. The summed E-state index contributed by atoms with van der Waals surface area (Å²) in [5, 5.41) is 0. The summed E-state index contributed by atoms with van der Waals surface area (Å²) in [5.41, 5.74) is 8.87. The van der Waals surface area contributed by atoms with Crippen LogP contribution in [0.1, 0.15) is 12.5 Å². The Morgan fingerprint density at radius 3 is 2.80 bits per heavy atom. The summed E-state index contributed by atoms with van der Waals surface area (Å²) in [5.74, 6) is 0.502. The largest absolute Gasteiger partial charge is 0.384 e. The third kappa shape index (κ3) is 2.13. The zero-order chi connectivity index (χ0) is 10.7. The van der Waals surface area contributed by atoms with Crippen molar-refractivity contribution in [3.63, 3.8) is 0 Å². The first-order valence-corrected chi connectivity index (χ1v) is 4.96. The Hall–Kier alpha value is -1.90. The van der Waals surface area contributed by atoms with E-state index >= 15 is 0 Å². The molecular weight excluding hydrogens is 186 g/mol. The van der Waals surface area contributed by atoms with E-state index in [1.807, 2.05) is 12.1 Å². The van der Waals surface area contributed by atoms with E-state index in [4.69, 9.17) is 5.73 Å². The number of hydrogen-bond donors (Lipinski definition) is 1. The van der Waals surface area contributed by atoms with E-state index in [0.717, 1.165) is 17.7 Å². The third-order valence-corrected chi connectivity index (χ3v) is 2.32. The van der Waals surface area contributed by atoms with Gasteiger partial charge in [-0.1, -0.05) is 25.1 Å². The predicted molar refractivity (Wildman–Crippen MR) is 61.3 cm³/mol. The second kappa shape index (κ2) is 4.09. The maximum absolute atomic E-state index is 5.62. The quantitative estimate of drug-likeness (QED) is 0.807. The van der Waals surface area contributed by atoms with Gasteiger partial charge in [-0.15, -0.1) is 0 Å². The fourth-order valence-corrected chi connectivity index (χ4v) is 1.48. The number of aryl methyl sites for hydroxylation is 1. The van der Waals surface area contributed by atoms with E-state index in [9.17, 15) is 0 Å². The van der Waals surface area contributed by atoms with Crippen molar-refractivity contribution < 1.29 is 0 Å². The molecule has 0 aliphatic rings. The number of nitrogen functional groups attached to an aromatic ring is 1. The molecule has 0 aliphatic carbocycles. The molecule has 0 amide bonds. The van der Waals surface area contributed by atoms with Crippen molar-refractivity contribution in [2.45, 2.75) is 13.3 Å². The van der Waals surface area contributed by atoms with Gasteiger partial charge >= 0.3 is 0 Å².